The molecule has 0 fully saturated rings. The molecule has 0 atom stereocenters. The average molecular weight is 189 g/mol. The van der Waals surface area contributed by atoms with Crippen molar-refractivity contribution in [3.05, 3.63) is 35.7 Å². The molecule has 0 aliphatic rings. The molecule has 4 nitrogen and oxygen atoms in total. The topological polar surface area (TPSA) is 54.4 Å². The molecule has 0 bridgehead atoms. The molecule has 0 amide bonds. The lowest BCUT2D eigenvalue weighted by Crippen LogP contribution is -2.07. The first-order chi connectivity index (χ1) is 6.83. The first-order valence-electron chi connectivity index (χ1n) is 4.12. The maximum atomic E-state index is 10.7. The molecular weight excluding hydrogens is 178 g/mol. The van der Waals surface area contributed by atoms with Crippen LogP contribution in [0.2, 0.25) is 0 Å². The van der Waals surface area contributed by atoms with Gasteiger partial charge >= 0.3 is 0 Å². The van der Waals surface area contributed by atoms with Crippen LogP contribution in [0.1, 0.15) is 23.0 Å². The van der Waals surface area contributed by atoms with E-state index in [0.29, 0.717) is 17.0 Å². The van der Waals surface area contributed by atoms with Crippen molar-refractivity contribution in [3.63, 3.8) is 0 Å². The lowest BCUT2D eigenvalue weighted by Gasteiger charge is -2.06. The van der Waals surface area contributed by atoms with Crippen LogP contribution in [-0.2, 0) is 0 Å². The summed E-state index contributed by atoms with van der Waals surface area (Å²) in [6.07, 6.45) is 4.16. The van der Waals surface area contributed by atoms with Gasteiger partial charge in [0.2, 0.25) is 0 Å². The van der Waals surface area contributed by atoms with Crippen LogP contribution in [0.4, 0.5) is 0 Å². The number of carbonyl (C=O) groups is 1. The minimum absolute atomic E-state index is 0.525. The van der Waals surface area contributed by atoms with Crippen molar-refractivity contribution >= 4 is 18.7 Å². The number of hydrogen-bond donors (Lipinski definition) is 1. The van der Waals surface area contributed by atoms with Crippen LogP contribution in [0, 0.1) is 0 Å². The Kier molecular flexibility index (Phi) is 3.55. The van der Waals surface area contributed by atoms with Gasteiger partial charge < -0.3 is 0 Å². The summed E-state index contributed by atoms with van der Waals surface area (Å²) in [5.41, 5.74) is 4.45. The van der Waals surface area contributed by atoms with Gasteiger partial charge in [-0.15, -0.1) is 0 Å². The van der Waals surface area contributed by atoms with Crippen LogP contribution in [0.3, 0.4) is 0 Å². The summed E-state index contributed by atoms with van der Waals surface area (Å²) >= 11 is 0. The smallest absolute Gasteiger partial charge is 0.152 e. The number of pyridine rings is 1. The molecule has 1 N–H and O–H groups in total. The van der Waals surface area contributed by atoms with Gasteiger partial charge in [-0.25, -0.2) is 0 Å². The summed E-state index contributed by atoms with van der Waals surface area (Å²) in [7, 11) is 0. The quantitative estimate of drug-likeness (QED) is 0.443. The largest absolute Gasteiger partial charge is 0.298 e. The first-order valence-corrected chi connectivity index (χ1v) is 4.12. The normalized spacial score (nSPS) is 10.8. The van der Waals surface area contributed by atoms with Crippen molar-refractivity contribution in [2.45, 2.75) is 6.92 Å². The van der Waals surface area contributed by atoms with E-state index >= 15 is 0 Å². The second-order valence-corrected chi connectivity index (χ2v) is 2.53. The minimum atomic E-state index is 0.525. The third-order valence-electron chi connectivity index (χ3n) is 1.71. The Morgan fingerprint density at radius 1 is 1.71 bits per heavy atom. The third-order valence-corrected chi connectivity index (χ3v) is 1.71. The van der Waals surface area contributed by atoms with Crippen LogP contribution in [-0.4, -0.2) is 18.0 Å². The highest BCUT2D eigenvalue weighted by atomic mass is 16.1. The van der Waals surface area contributed by atoms with Gasteiger partial charge in [-0.05, 0) is 19.1 Å². The van der Waals surface area contributed by atoms with Crippen molar-refractivity contribution in [1.29, 1.82) is 0 Å². The zero-order valence-corrected chi connectivity index (χ0v) is 7.90. The van der Waals surface area contributed by atoms with Crippen LogP contribution in [0.25, 0.3) is 5.70 Å². The molecule has 14 heavy (non-hydrogen) atoms. The molecule has 1 aromatic heterocycles. The van der Waals surface area contributed by atoms with Crippen molar-refractivity contribution < 1.29 is 4.79 Å². The van der Waals surface area contributed by atoms with Gasteiger partial charge in [-0.3, -0.25) is 15.2 Å². The summed E-state index contributed by atoms with van der Waals surface area (Å²) in [5.74, 6) is 0. The Labute approximate surface area is 82.4 Å². The molecular formula is C10H11N3O. The number of allylic oxidation sites excluding steroid dienone is 1. The second kappa shape index (κ2) is 4.91. The average Bonchev–Trinajstić information content (AvgIpc) is 2.26. The second-order valence-electron chi connectivity index (χ2n) is 2.53. The molecule has 1 heterocycles. The summed E-state index contributed by atoms with van der Waals surface area (Å²) in [6.45, 7) is 5.14. The highest BCUT2D eigenvalue weighted by Crippen LogP contribution is 2.11. The SMILES string of the molecule is C=NN/C(=C\C)c1ncccc1C=O. The molecule has 4 heteroatoms. The maximum absolute atomic E-state index is 10.7. The number of nitrogens with zero attached hydrogens (tertiary/aromatic N) is 2. The molecule has 0 aliphatic heterocycles. The van der Waals surface area contributed by atoms with Gasteiger partial charge in [0, 0.05) is 18.5 Å². The van der Waals surface area contributed by atoms with E-state index in [2.05, 4.69) is 22.2 Å². The van der Waals surface area contributed by atoms with Crippen LogP contribution < -0.4 is 5.43 Å². The Bertz CT molecular complexity index is 371. The zero-order valence-electron chi connectivity index (χ0n) is 7.90. The maximum Gasteiger partial charge on any atom is 0.152 e. The number of hydrazone groups is 1. The Hall–Kier alpha value is -1.97. The molecule has 0 aliphatic carbocycles. The Morgan fingerprint density at radius 2 is 2.50 bits per heavy atom. The first kappa shape index (κ1) is 10.1. The van der Waals surface area contributed by atoms with Gasteiger partial charge in [-0.1, -0.05) is 6.08 Å². The summed E-state index contributed by atoms with van der Waals surface area (Å²) < 4.78 is 0. The number of carbonyl (C=O) groups excluding carboxylic acids is 1. The molecule has 72 valence electrons. The summed E-state index contributed by atoms with van der Waals surface area (Å²) in [5, 5.41) is 3.53. The third kappa shape index (κ3) is 2.04. The van der Waals surface area contributed by atoms with Gasteiger partial charge in [0.15, 0.2) is 6.29 Å². The molecule has 0 spiro atoms. The fourth-order valence-electron chi connectivity index (χ4n) is 1.08. The van der Waals surface area contributed by atoms with E-state index in [1.807, 2.05) is 6.92 Å². The van der Waals surface area contributed by atoms with Gasteiger partial charge in [0.05, 0.1) is 11.4 Å². The standard InChI is InChI=1S/C10H11N3O/c1-3-9(13-11-2)10-8(7-14)5-4-6-12-10/h3-7,13H,2H2,1H3/b9-3-. The fraction of sp³-hybridized carbons (Fsp3) is 0.100. The molecule has 1 rings (SSSR count). The lowest BCUT2D eigenvalue weighted by atomic mass is 10.1. The highest BCUT2D eigenvalue weighted by molar-refractivity contribution is 5.83. The van der Waals surface area contributed by atoms with E-state index in [9.17, 15) is 4.79 Å². The van der Waals surface area contributed by atoms with E-state index in [4.69, 9.17) is 0 Å². The van der Waals surface area contributed by atoms with E-state index in [0.717, 1.165) is 6.29 Å². The van der Waals surface area contributed by atoms with E-state index in [-0.39, 0.29) is 0 Å². The van der Waals surface area contributed by atoms with E-state index < -0.39 is 0 Å². The van der Waals surface area contributed by atoms with Crippen LogP contribution >= 0.6 is 0 Å². The van der Waals surface area contributed by atoms with Gasteiger partial charge in [0.25, 0.3) is 0 Å². The number of hydrogen-bond acceptors (Lipinski definition) is 4. The monoisotopic (exact) mass is 189 g/mol. The van der Waals surface area contributed by atoms with Crippen molar-refractivity contribution in [2.75, 3.05) is 0 Å². The highest BCUT2D eigenvalue weighted by Gasteiger charge is 2.06. The molecule has 0 aromatic carbocycles. The number of nitrogens with one attached hydrogen (secondary N) is 1. The molecule has 1 aromatic rings. The molecule has 0 unspecified atom stereocenters. The molecule has 0 saturated carbocycles. The number of rotatable bonds is 4. The summed E-state index contributed by atoms with van der Waals surface area (Å²) in [4.78, 5) is 14.8. The predicted molar refractivity (Wildman–Crippen MR) is 56.0 cm³/mol. The zero-order chi connectivity index (χ0) is 10.4. The van der Waals surface area contributed by atoms with E-state index in [1.54, 1.807) is 24.4 Å². The van der Waals surface area contributed by atoms with Crippen LogP contribution in [0.15, 0.2) is 29.5 Å². The molecule has 0 radical (unpaired) electrons. The fourth-order valence-corrected chi connectivity index (χ4v) is 1.08. The Morgan fingerprint density at radius 3 is 3.07 bits per heavy atom. The van der Waals surface area contributed by atoms with Gasteiger partial charge in [-0.2, -0.15) is 5.10 Å². The summed E-state index contributed by atoms with van der Waals surface area (Å²) in [6, 6.07) is 3.41. The van der Waals surface area contributed by atoms with Crippen molar-refractivity contribution in [2.24, 2.45) is 5.10 Å². The minimum Gasteiger partial charge on any atom is -0.298 e. The Balaban J connectivity index is 3.15. The van der Waals surface area contributed by atoms with Crippen molar-refractivity contribution in [1.82, 2.24) is 10.4 Å². The van der Waals surface area contributed by atoms with E-state index in [1.165, 1.54) is 0 Å². The van der Waals surface area contributed by atoms with Crippen LogP contribution in [0.5, 0.6) is 0 Å². The van der Waals surface area contributed by atoms with Gasteiger partial charge in [0.1, 0.15) is 0 Å². The number of aldehydes is 1. The van der Waals surface area contributed by atoms with Crippen molar-refractivity contribution in [3.8, 4) is 0 Å². The number of aromatic nitrogens is 1. The molecule has 0 saturated heterocycles. The lowest BCUT2D eigenvalue weighted by molar-refractivity contribution is 0.112. The predicted octanol–water partition coefficient (Wildman–Crippen LogP) is 1.46.